The van der Waals surface area contributed by atoms with Crippen molar-refractivity contribution in [2.75, 3.05) is 6.61 Å². The number of hydrogen-bond acceptors (Lipinski definition) is 3. The van der Waals surface area contributed by atoms with Crippen molar-refractivity contribution in [1.82, 2.24) is 0 Å². The lowest BCUT2D eigenvalue weighted by Crippen LogP contribution is -2.23. The first-order chi connectivity index (χ1) is 7.16. The highest BCUT2D eigenvalue weighted by Gasteiger charge is 2.26. The molecule has 0 aliphatic carbocycles. The monoisotopic (exact) mass is 208 g/mol. The first-order valence-electron chi connectivity index (χ1n) is 4.60. The Hall–Kier alpha value is -1.68. The standard InChI is InChI=1S/C11H12O4/c1-2-15-10(9(12)11(13)14)8-6-4-3-5-7-8/h3-7,10H,2H2,1H3,(H,13,14). The maximum absolute atomic E-state index is 11.3. The van der Waals surface area contributed by atoms with Gasteiger partial charge in [-0.05, 0) is 12.5 Å². The average molecular weight is 208 g/mol. The molecule has 1 unspecified atom stereocenters. The normalized spacial score (nSPS) is 12.1. The Kier molecular flexibility index (Phi) is 4.00. The van der Waals surface area contributed by atoms with Gasteiger partial charge in [0.2, 0.25) is 0 Å². The highest BCUT2D eigenvalue weighted by molar-refractivity contribution is 6.34. The van der Waals surface area contributed by atoms with Crippen molar-refractivity contribution in [3.8, 4) is 0 Å². The maximum Gasteiger partial charge on any atom is 0.375 e. The molecule has 0 saturated heterocycles. The molecule has 4 heteroatoms. The zero-order valence-corrected chi connectivity index (χ0v) is 8.34. The van der Waals surface area contributed by atoms with E-state index in [1.807, 2.05) is 0 Å². The predicted octanol–water partition coefficient (Wildman–Crippen LogP) is 1.42. The number of carboxylic acids is 1. The molecular weight excluding hydrogens is 196 g/mol. The van der Waals surface area contributed by atoms with Crippen LogP contribution in [0, 0.1) is 0 Å². The lowest BCUT2D eigenvalue weighted by atomic mass is 10.1. The molecule has 1 rings (SSSR count). The van der Waals surface area contributed by atoms with Gasteiger partial charge in [-0.2, -0.15) is 0 Å². The summed E-state index contributed by atoms with van der Waals surface area (Å²) in [7, 11) is 0. The van der Waals surface area contributed by atoms with Crippen molar-refractivity contribution in [3.05, 3.63) is 35.9 Å². The molecule has 0 radical (unpaired) electrons. The summed E-state index contributed by atoms with van der Waals surface area (Å²) in [5, 5.41) is 8.61. The van der Waals surface area contributed by atoms with Crippen molar-refractivity contribution in [2.24, 2.45) is 0 Å². The second-order valence-corrected chi connectivity index (χ2v) is 2.92. The van der Waals surface area contributed by atoms with Crippen molar-refractivity contribution in [1.29, 1.82) is 0 Å². The molecule has 1 atom stereocenters. The van der Waals surface area contributed by atoms with E-state index < -0.39 is 17.9 Å². The van der Waals surface area contributed by atoms with Gasteiger partial charge in [0.25, 0.3) is 5.78 Å². The minimum Gasteiger partial charge on any atom is -0.475 e. The number of aliphatic carboxylic acids is 1. The van der Waals surface area contributed by atoms with E-state index in [2.05, 4.69) is 0 Å². The zero-order chi connectivity index (χ0) is 11.3. The third-order valence-electron chi connectivity index (χ3n) is 1.88. The largest absolute Gasteiger partial charge is 0.475 e. The Morgan fingerprint density at radius 2 is 1.93 bits per heavy atom. The molecule has 0 aromatic heterocycles. The average Bonchev–Trinajstić information content (AvgIpc) is 2.26. The molecule has 0 aliphatic heterocycles. The maximum atomic E-state index is 11.3. The van der Waals surface area contributed by atoms with E-state index >= 15 is 0 Å². The Morgan fingerprint density at radius 3 is 2.40 bits per heavy atom. The van der Waals surface area contributed by atoms with Crippen molar-refractivity contribution in [2.45, 2.75) is 13.0 Å². The molecule has 15 heavy (non-hydrogen) atoms. The van der Waals surface area contributed by atoms with Crippen LogP contribution in [0.4, 0.5) is 0 Å². The van der Waals surface area contributed by atoms with E-state index in [1.165, 1.54) is 0 Å². The molecule has 0 amide bonds. The van der Waals surface area contributed by atoms with Crippen LogP contribution in [0.2, 0.25) is 0 Å². The first kappa shape index (κ1) is 11.4. The van der Waals surface area contributed by atoms with Crippen molar-refractivity contribution < 1.29 is 19.4 Å². The molecule has 1 aromatic rings. The van der Waals surface area contributed by atoms with Crippen LogP contribution in [-0.4, -0.2) is 23.5 Å². The molecule has 1 N–H and O–H groups in total. The molecule has 0 spiro atoms. The van der Waals surface area contributed by atoms with Gasteiger partial charge in [0, 0.05) is 6.61 Å². The summed E-state index contributed by atoms with van der Waals surface area (Å²) in [5.74, 6) is -2.42. The molecule has 80 valence electrons. The van der Waals surface area contributed by atoms with Gasteiger partial charge in [-0.15, -0.1) is 0 Å². The van der Waals surface area contributed by atoms with Crippen molar-refractivity contribution >= 4 is 11.8 Å². The summed E-state index contributed by atoms with van der Waals surface area (Å²) < 4.78 is 5.12. The van der Waals surface area contributed by atoms with Crippen LogP contribution in [0.3, 0.4) is 0 Å². The second-order valence-electron chi connectivity index (χ2n) is 2.92. The van der Waals surface area contributed by atoms with E-state index in [4.69, 9.17) is 9.84 Å². The Labute approximate surface area is 87.5 Å². The first-order valence-corrected chi connectivity index (χ1v) is 4.60. The van der Waals surface area contributed by atoms with Gasteiger partial charge < -0.3 is 9.84 Å². The molecular formula is C11H12O4. The summed E-state index contributed by atoms with van der Waals surface area (Å²) in [6.07, 6.45) is -1.01. The number of carbonyl (C=O) groups is 2. The molecule has 0 saturated carbocycles. The van der Waals surface area contributed by atoms with Gasteiger partial charge >= 0.3 is 5.97 Å². The second kappa shape index (κ2) is 5.26. The SMILES string of the molecule is CCOC(C(=O)C(=O)O)c1ccccc1. The van der Waals surface area contributed by atoms with Gasteiger partial charge in [-0.3, -0.25) is 4.79 Å². The fourth-order valence-electron chi connectivity index (χ4n) is 1.23. The van der Waals surface area contributed by atoms with E-state index in [-0.39, 0.29) is 0 Å². The molecule has 0 bridgehead atoms. The Balaban J connectivity index is 2.93. The summed E-state index contributed by atoms with van der Waals surface area (Å²) in [5.41, 5.74) is 0.562. The van der Waals surface area contributed by atoms with E-state index in [9.17, 15) is 9.59 Å². The minimum absolute atomic E-state index is 0.290. The lowest BCUT2D eigenvalue weighted by molar-refractivity contribution is -0.155. The lowest BCUT2D eigenvalue weighted by Gasteiger charge is -2.13. The van der Waals surface area contributed by atoms with Crippen LogP contribution >= 0.6 is 0 Å². The summed E-state index contributed by atoms with van der Waals surface area (Å²) in [6.45, 7) is 2.00. The summed E-state index contributed by atoms with van der Waals surface area (Å²) >= 11 is 0. The zero-order valence-electron chi connectivity index (χ0n) is 8.34. The number of ketones is 1. The van der Waals surface area contributed by atoms with Gasteiger partial charge in [0.1, 0.15) is 0 Å². The Bertz CT molecular complexity index is 345. The number of carbonyl (C=O) groups excluding carboxylic acids is 1. The molecule has 0 aliphatic rings. The van der Waals surface area contributed by atoms with Gasteiger partial charge in [-0.25, -0.2) is 4.79 Å². The Morgan fingerprint density at radius 1 is 1.33 bits per heavy atom. The van der Waals surface area contributed by atoms with Crippen LogP contribution in [0.25, 0.3) is 0 Å². The minimum atomic E-state index is -1.47. The summed E-state index contributed by atoms with van der Waals surface area (Å²) in [4.78, 5) is 21.9. The fourth-order valence-corrected chi connectivity index (χ4v) is 1.23. The quantitative estimate of drug-likeness (QED) is 0.743. The summed E-state index contributed by atoms with van der Waals surface area (Å²) in [6, 6.07) is 8.59. The number of hydrogen-bond donors (Lipinski definition) is 1. The van der Waals surface area contributed by atoms with Crippen molar-refractivity contribution in [3.63, 3.8) is 0 Å². The van der Waals surface area contributed by atoms with Crippen LogP contribution in [0.15, 0.2) is 30.3 Å². The van der Waals surface area contributed by atoms with E-state index in [1.54, 1.807) is 37.3 Å². The van der Waals surface area contributed by atoms with Crippen LogP contribution in [0.5, 0.6) is 0 Å². The smallest absolute Gasteiger partial charge is 0.375 e. The number of rotatable bonds is 5. The number of benzene rings is 1. The van der Waals surface area contributed by atoms with Gasteiger partial charge in [0.15, 0.2) is 6.10 Å². The molecule has 0 fully saturated rings. The number of ether oxygens (including phenoxy) is 1. The van der Waals surface area contributed by atoms with Gasteiger partial charge in [0.05, 0.1) is 0 Å². The highest BCUT2D eigenvalue weighted by Crippen LogP contribution is 2.18. The highest BCUT2D eigenvalue weighted by atomic mass is 16.5. The third-order valence-corrected chi connectivity index (χ3v) is 1.88. The fraction of sp³-hybridized carbons (Fsp3) is 0.273. The number of Topliss-reactive ketones (excluding diaryl/α,β-unsaturated/α-hetero) is 1. The predicted molar refractivity (Wildman–Crippen MR) is 53.5 cm³/mol. The topological polar surface area (TPSA) is 63.6 Å². The third kappa shape index (κ3) is 2.89. The van der Waals surface area contributed by atoms with E-state index in [0.717, 1.165) is 0 Å². The van der Waals surface area contributed by atoms with E-state index in [0.29, 0.717) is 12.2 Å². The number of carboxylic acid groups (broad SMARTS) is 1. The molecule has 4 nitrogen and oxygen atoms in total. The molecule has 0 heterocycles. The van der Waals surface area contributed by atoms with Gasteiger partial charge in [-0.1, -0.05) is 30.3 Å². The van der Waals surface area contributed by atoms with Crippen LogP contribution in [-0.2, 0) is 14.3 Å². The van der Waals surface area contributed by atoms with Crippen LogP contribution in [0.1, 0.15) is 18.6 Å². The molecule has 1 aromatic carbocycles. The van der Waals surface area contributed by atoms with Crippen LogP contribution < -0.4 is 0 Å².